The zero-order chi connectivity index (χ0) is 19.7. The highest BCUT2D eigenvalue weighted by molar-refractivity contribution is 6.02. The number of fused-ring (bicyclic) bond motifs is 1. The van der Waals surface area contributed by atoms with E-state index in [0.717, 1.165) is 11.1 Å². The van der Waals surface area contributed by atoms with Gasteiger partial charge in [0.05, 0.1) is 5.39 Å². The number of aromatic nitrogens is 4. The van der Waals surface area contributed by atoms with Crippen molar-refractivity contribution in [2.75, 3.05) is 0 Å². The minimum Gasteiger partial charge on any atom is -0.448 e. The molecule has 8 nitrogen and oxygen atoms in total. The van der Waals surface area contributed by atoms with Crippen molar-refractivity contribution in [3.05, 3.63) is 76.0 Å². The number of nitrogens with one attached hydrogen (secondary N) is 1. The van der Waals surface area contributed by atoms with Gasteiger partial charge in [-0.3, -0.25) is 4.79 Å². The Morgan fingerprint density at radius 2 is 1.89 bits per heavy atom. The molecule has 0 spiro atoms. The van der Waals surface area contributed by atoms with E-state index in [-0.39, 0.29) is 17.1 Å². The molecule has 2 heterocycles. The van der Waals surface area contributed by atoms with E-state index in [1.54, 1.807) is 31.2 Å². The number of carbonyl (C=O) groups is 1. The highest BCUT2D eigenvalue weighted by atomic mass is 16.6. The van der Waals surface area contributed by atoms with Crippen LogP contribution >= 0.6 is 0 Å². The lowest BCUT2D eigenvalue weighted by Gasteiger charge is -2.10. The minimum absolute atomic E-state index is 0.0143. The molecule has 4 rings (SSSR count). The van der Waals surface area contributed by atoms with E-state index in [0.29, 0.717) is 16.7 Å². The molecule has 0 bridgehead atoms. The Hall–Kier alpha value is -3.81. The first-order valence-electron chi connectivity index (χ1n) is 8.62. The minimum atomic E-state index is -0.786. The van der Waals surface area contributed by atoms with E-state index >= 15 is 0 Å². The van der Waals surface area contributed by atoms with Crippen molar-refractivity contribution >= 4 is 16.7 Å². The Labute approximate surface area is 159 Å². The smallest absolute Gasteiger partial charge is 0.360 e. The first-order valence-corrected chi connectivity index (χ1v) is 8.62. The summed E-state index contributed by atoms with van der Waals surface area (Å²) in [5.41, 5.74) is 1.48. The molecule has 0 aliphatic carbocycles. The monoisotopic (exact) mass is 376 g/mol. The van der Waals surface area contributed by atoms with Gasteiger partial charge in [-0.2, -0.15) is 5.10 Å². The molecule has 2 aromatic carbocycles. The summed E-state index contributed by atoms with van der Waals surface area (Å²) in [5.74, 6) is -0.192. The van der Waals surface area contributed by atoms with Crippen LogP contribution in [0.1, 0.15) is 35.0 Å². The molecule has 0 aliphatic rings. The molecule has 0 amide bonds. The standard InChI is InChI=1S/C20H16N4O4/c1-11-6-5-7-13(10-11)19-24-23-18(28-19)12(2)27-20(26)16-14-8-3-4-9-15(14)17(25)22-21-16/h3-10,12H,1-2H3,(H,22,25)/t12-/m0/s1. The average molecular weight is 376 g/mol. The summed E-state index contributed by atoms with van der Waals surface area (Å²) in [6.07, 6.45) is -0.786. The fourth-order valence-corrected chi connectivity index (χ4v) is 2.83. The van der Waals surface area contributed by atoms with Gasteiger partial charge < -0.3 is 9.15 Å². The molecule has 8 heteroatoms. The van der Waals surface area contributed by atoms with Crippen LogP contribution in [0.25, 0.3) is 22.2 Å². The van der Waals surface area contributed by atoms with E-state index in [9.17, 15) is 9.59 Å². The van der Waals surface area contributed by atoms with Crippen LogP contribution < -0.4 is 5.56 Å². The van der Waals surface area contributed by atoms with Gasteiger partial charge in [0, 0.05) is 10.9 Å². The van der Waals surface area contributed by atoms with Crippen molar-refractivity contribution in [3.8, 4) is 11.5 Å². The number of aryl methyl sites for hydroxylation is 1. The molecule has 4 aromatic rings. The van der Waals surface area contributed by atoms with E-state index in [1.807, 2.05) is 31.2 Å². The van der Waals surface area contributed by atoms with Gasteiger partial charge in [0.15, 0.2) is 11.8 Å². The quantitative estimate of drug-likeness (QED) is 0.544. The van der Waals surface area contributed by atoms with Gasteiger partial charge in [-0.25, -0.2) is 9.89 Å². The van der Waals surface area contributed by atoms with E-state index in [1.165, 1.54) is 0 Å². The largest absolute Gasteiger partial charge is 0.448 e. The Morgan fingerprint density at radius 3 is 2.68 bits per heavy atom. The topological polar surface area (TPSA) is 111 Å². The van der Waals surface area contributed by atoms with Crippen LogP contribution in [0.4, 0.5) is 0 Å². The van der Waals surface area contributed by atoms with Gasteiger partial charge in [-0.1, -0.05) is 35.9 Å². The number of hydrogen-bond acceptors (Lipinski definition) is 7. The number of aromatic amines is 1. The van der Waals surface area contributed by atoms with Crippen LogP contribution in [-0.4, -0.2) is 26.4 Å². The lowest BCUT2D eigenvalue weighted by molar-refractivity contribution is 0.0274. The zero-order valence-corrected chi connectivity index (χ0v) is 15.2. The van der Waals surface area contributed by atoms with Crippen molar-refractivity contribution in [2.45, 2.75) is 20.0 Å². The second-order valence-corrected chi connectivity index (χ2v) is 6.31. The second kappa shape index (κ2) is 7.07. The van der Waals surface area contributed by atoms with E-state index < -0.39 is 12.1 Å². The van der Waals surface area contributed by atoms with Gasteiger partial charge in [0.2, 0.25) is 5.89 Å². The third-order valence-electron chi connectivity index (χ3n) is 4.23. The molecule has 0 fully saturated rings. The van der Waals surface area contributed by atoms with Crippen LogP contribution in [0.5, 0.6) is 0 Å². The molecule has 0 radical (unpaired) electrons. The van der Waals surface area contributed by atoms with Crippen molar-refractivity contribution in [1.82, 2.24) is 20.4 Å². The van der Waals surface area contributed by atoms with Crippen molar-refractivity contribution < 1.29 is 13.9 Å². The summed E-state index contributed by atoms with van der Waals surface area (Å²) in [7, 11) is 0. The molecule has 0 aliphatic heterocycles. The number of carbonyl (C=O) groups excluding carboxylic acids is 1. The van der Waals surface area contributed by atoms with Crippen molar-refractivity contribution in [1.29, 1.82) is 0 Å². The highest BCUT2D eigenvalue weighted by Crippen LogP contribution is 2.24. The lowest BCUT2D eigenvalue weighted by Crippen LogP contribution is -2.17. The van der Waals surface area contributed by atoms with Crippen molar-refractivity contribution in [3.63, 3.8) is 0 Å². The summed E-state index contributed by atoms with van der Waals surface area (Å²) in [6, 6.07) is 14.3. The van der Waals surface area contributed by atoms with Gasteiger partial charge in [-0.05, 0) is 32.0 Å². The molecule has 1 N–H and O–H groups in total. The molecule has 0 unspecified atom stereocenters. The molecule has 28 heavy (non-hydrogen) atoms. The normalized spacial score (nSPS) is 12.1. The highest BCUT2D eigenvalue weighted by Gasteiger charge is 2.22. The lowest BCUT2D eigenvalue weighted by atomic mass is 10.1. The van der Waals surface area contributed by atoms with Gasteiger partial charge in [-0.15, -0.1) is 10.2 Å². The first-order chi connectivity index (χ1) is 13.5. The van der Waals surface area contributed by atoms with Crippen LogP contribution in [0, 0.1) is 6.92 Å². The van der Waals surface area contributed by atoms with E-state index in [2.05, 4.69) is 20.4 Å². The number of rotatable bonds is 4. The third-order valence-corrected chi connectivity index (χ3v) is 4.23. The molecule has 0 saturated heterocycles. The second-order valence-electron chi connectivity index (χ2n) is 6.31. The van der Waals surface area contributed by atoms with Gasteiger partial charge in [0.1, 0.15) is 0 Å². The molecular weight excluding hydrogens is 360 g/mol. The number of benzene rings is 2. The fourth-order valence-electron chi connectivity index (χ4n) is 2.83. The predicted octanol–water partition coefficient (Wildman–Crippen LogP) is 3.20. The molecule has 140 valence electrons. The number of ether oxygens (including phenoxy) is 1. The SMILES string of the molecule is Cc1cccc(-c2nnc([C@H](C)OC(=O)c3n[nH]c(=O)c4ccccc34)o2)c1. The predicted molar refractivity (Wildman–Crippen MR) is 101 cm³/mol. The molecule has 0 saturated carbocycles. The van der Waals surface area contributed by atoms with Gasteiger partial charge >= 0.3 is 5.97 Å². The number of hydrogen-bond donors (Lipinski definition) is 1. The summed E-state index contributed by atoms with van der Waals surface area (Å²) < 4.78 is 11.1. The van der Waals surface area contributed by atoms with E-state index in [4.69, 9.17) is 9.15 Å². The van der Waals surface area contributed by atoms with Crippen LogP contribution in [0.3, 0.4) is 0 Å². The first kappa shape index (κ1) is 17.6. The third kappa shape index (κ3) is 3.27. The zero-order valence-electron chi connectivity index (χ0n) is 15.2. The maximum Gasteiger partial charge on any atom is 0.360 e. The van der Waals surface area contributed by atoms with Crippen LogP contribution in [0.2, 0.25) is 0 Å². The summed E-state index contributed by atoms with van der Waals surface area (Å²) in [6.45, 7) is 3.59. The maximum absolute atomic E-state index is 12.6. The Kier molecular flexibility index (Phi) is 4.44. The van der Waals surface area contributed by atoms with Crippen LogP contribution in [0.15, 0.2) is 57.7 Å². The number of esters is 1. The summed E-state index contributed by atoms with van der Waals surface area (Å²) >= 11 is 0. The molecule has 2 aromatic heterocycles. The Balaban J connectivity index is 1.58. The number of H-pyrrole nitrogens is 1. The average Bonchev–Trinajstić information content (AvgIpc) is 3.19. The Morgan fingerprint density at radius 1 is 1.11 bits per heavy atom. The van der Waals surface area contributed by atoms with Crippen molar-refractivity contribution in [2.24, 2.45) is 0 Å². The van der Waals surface area contributed by atoms with Crippen LogP contribution in [-0.2, 0) is 4.74 Å². The number of nitrogens with zero attached hydrogens (tertiary/aromatic N) is 3. The summed E-state index contributed by atoms with van der Waals surface area (Å²) in [5, 5.41) is 14.9. The molecular formula is C20H16N4O4. The fraction of sp³-hybridized carbons (Fsp3) is 0.150. The Bertz CT molecular complexity index is 1230. The summed E-state index contributed by atoms with van der Waals surface area (Å²) in [4.78, 5) is 24.4. The maximum atomic E-state index is 12.6. The van der Waals surface area contributed by atoms with Gasteiger partial charge in [0.25, 0.3) is 11.4 Å². The molecule has 1 atom stereocenters.